The molecule has 0 aliphatic carbocycles. The first kappa shape index (κ1) is 14.1. The molecule has 1 heterocycles. The molecule has 0 aliphatic heterocycles. The lowest BCUT2D eigenvalue weighted by Crippen LogP contribution is -2.34. The van der Waals surface area contributed by atoms with Crippen LogP contribution >= 0.6 is 0 Å². The Morgan fingerprint density at radius 3 is 2.60 bits per heavy atom. The number of nitrogens with zero attached hydrogens (tertiary/aromatic N) is 2. The first-order chi connectivity index (χ1) is 9.29. The molecular formula is C15H19N3O2. The second-order valence-corrected chi connectivity index (χ2v) is 5.72. The van der Waals surface area contributed by atoms with E-state index in [-0.39, 0.29) is 17.0 Å². The minimum atomic E-state index is -0.336. The average molecular weight is 273 g/mol. The van der Waals surface area contributed by atoms with Gasteiger partial charge in [-0.05, 0) is 45.4 Å². The van der Waals surface area contributed by atoms with Crippen LogP contribution in [-0.2, 0) is 5.54 Å². The van der Waals surface area contributed by atoms with E-state index in [0.29, 0.717) is 11.4 Å². The Bertz CT molecular complexity index is 684. The van der Waals surface area contributed by atoms with E-state index in [1.54, 1.807) is 29.1 Å². The highest BCUT2D eigenvalue weighted by molar-refractivity contribution is 5.55. The zero-order chi connectivity index (χ0) is 14.9. The van der Waals surface area contributed by atoms with E-state index >= 15 is 0 Å². The SMILES string of the molecule is Cc1ccc(Oc2nccn(C(C)(C)C)c2=O)c(N)c1. The lowest BCUT2D eigenvalue weighted by atomic mass is 10.1. The Hall–Kier alpha value is -2.30. The maximum atomic E-state index is 12.3. The summed E-state index contributed by atoms with van der Waals surface area (Å²) >= 11 is 0. The maximum Gasteiger partial charge on any atom is 0.314 e. The number of hydrogen-bond donors (Lipinski definition) is 1. The fourth-order valence-electron chi connectivity index (χ4n) is 1.86. The lowest BCUT2D eigenvalue weighted by Gasteiger charge is -2.22. The van der Waals surface area contributed by atoms with Crippen LogP contribution in [0.5, 0.6) is 11.6 Å². The average Bonchev–Trinajstić information content (AvgIpc) is 2.33. The summed E-state index contributed by atoms with van der Waals surface area (Å²) in [5, 5.41) is 0. The largest absolute Gasteiger partial charge is 0.432 e. The summed E-state index contributed by atoms with van der Waals surface area (Å²) in [6, 6.07) is 5.40. The van der Waals surface area contributed by atoms with Crippen molar-refractivity contribution in [3.05, 3.63) is 46.5 Å². The van der Waals surface area contributed by atoms with Crippen LogP contribution in [0.4, 0.5) is 5.69 Å². The van der Waals surface area contributed by atoms with Gasteiger partial charge in [0.2, 0.25) is 0 Å². The van der Waals surface area contributed by atoms with Gasteiger partial charge in [-0.15, -0.1) is 0 Å². The summed E-state index contributed by atoms with van der Waals surface area (Å²) in [6.45, 7) is 7.77. The van der Waals surface area contributed by atoms with E-state index in [9.17, 15) is 4.79 Å². The lowest BCUT2D eigenvalue weighted by molar-refractivity contribution is 0.363. The maximum absolute atomic E-state index is 12.3. The highest BCUT2D eigenvalue weighted by Crippen LogP contribution is 2.25. The molecule has 0 atom stereocenters. The molecular weight excluding hydrogens is 254 g/mol. The van der Waals surface area contributed by atoms with Gasteiger partial charge in [0.15, 0.2) is 5.75 Å². The van der Waals surface area contributed by atoms with Gasteiger partial charge in [0.25, 0.3) is 5.88 Å². The molecule has 0 bridgehead atoms. The van der Waals surface area contributed by atoms with Crippen molar-refractivity contribution < 1.29 is 4.74 Å². The molecule has 0 aliphatic rings. The summed E-state index contributed by atoms with van der Waals surface area (Å²) in [7, 11) is 0. The number of nitrogens with two attached hydrogens (primary N) is 1. The number of aryl methyl sites for hydroxylation is 1. The predicted octanol–water partition coefficient (Wildman–Crippen LogP) is 2.68. The van der Waals surface area contributed by atoms with Crippen LogP contribution < -0.4 is 16.0 Å². The summed E-state index contributed by atoms with van der Waals surface area (Å²) < 4.78 is 7.14. The number of ether oxygens (including phenoxy) is 1. The third kappa shape index (κ3) is 2.82. The van der Waals surface area contributed by atoms with E-state index in [2.05, 4.69) is 4.98 Å². The van der Waals surface area contributed by atoms with Crippen LogP contribution in [0, 0.1) is 6.92 Å². The number of hydrogen-bond acceptors (Lipinski definition) is 4. The molecule has 5 nitrogen and oxygen atoms in total. The normalized spacial score (nSPS) is 11.4. The molecule has 0 fully saturated rings. The molecule has 0 spiro atoms. The first-order valence-corrected chi connectivity index (χ1v) is 6.41. The van der Waals surface area contributed by atoms with Crippen molar-refractivity contribution in [2.24, 2.45) is 0 Å². The molecule has 20 heavy (non-hydrogen) atoms. The van der Waals surface area contributed by atoms with Crippen molar-refractivity contribution in [2.45, 2.75) is 33.2 Å². The smallest absolute Gasteiger partial charge is 0.314 e. The second kappa shape index (κ2) is 5.00. The predicted molar refractivity (Wildman–Crippen MR) is 79.2 cm³/mol. The molecule has 1 aromatic carbocycles. The topological polar surface area (TPSA) is 70.1 Å². The number of rotatable bonds is 2. The molecule has 2 rings (SSSR count). The Kier molecular flexibility index (Phi) is 3.53. The van der Waals surface area contributed by atoms with Crippen LogP contribution in [0.1, 0.15) is 26.3 Å². The first-order valence-electron chi connectivity index (χ1n) is 6.41. The van der Waals surface area contributed by atoms with Crippen LogP contribution in [0.15, 0.2) is 35.4 Å². The van der Waals surface area contributed by atoms with Gasteiger partial charge in [0.1, 0.15) is 0 Å². The Morgan fingerprint density at radius 1 is 1.30 bits per heavy atom. The zero-order valence-electron chi connectivity index (χ0n) is 12.2. The minimum Gasteiger partial charge on any atom is -0.432 e. The van der Waals surface area contributed by atoms with E-state index in [0.717, 1.165) is 5.56 Å². The third-order valence-corrected chi connectivity index (χ3v) is 2.90. The van der Waals surface area contributed by atoms with Crippen LogP contribution in [0.3, 0.4) is 0 Å². The molecule has 2 N–H and O–H groups in total. The van der Waals surface area contributed by atoms with Gasteiger partial charge in [0.05, 0.1) is 5.69 Å². The second-order valence-electron chi connectivity index (χ2n) is 5.72. The van der Waals surface area contributed by atoms with Gasteiger partial charge in [-0.3, -0.25) is 4.79 Å². The van der Waals surface area contributed by atoms with E-state index < -0.39 is 0 Å². The molecule has 0 saturated carbocycles. The molecule has 0 unspecified atom stereocenters. The van der Waals surface area contributed by atoms with Crippen LogP contribution in [0.25, 0.3) is 0 Å². The fourth-order valence-corrected chi connectivity index (χ4v) is 1.86. The Morgan fingerprint density at radius 2 is 2.00 bits per heavy atom. The molecule has 5 heteroatoms. The third-order valence-electron chi connectivity index (χ3n) is 2.90. The van der Waals surface area contributed by atoms with Gasteiger partial charge in [-0.2, -0.15) is 0 Å². The Balaban J connectivity index is 2.42. The summed E-state index contributed by atoms with van der Waals surface area (Å²) in [4.78, 5) is 16.3. The van der Waals surface area contributed by atoms with Crippen LogP contribution in [0.2, 0.25) is 0 Å². The zero-order valence-corrected chi connectivity index (χ0v) is 12.2. The summed E-state index contributed by atoms with van der Waals surface area (Å²) in [5.41, 5.74) is 6.78. The van der Waals surface area contributed by atoms with E-state index in [1.165, 1.54) is 0 Å². The van der Waals surface area contributed by atoms with Crippen molar-refractivity contribution in [1.29, 1.82) is 0 Å². The van der Waals surface area contributed by atoms with E-state index in [4.69, 9.17) is 10.5 Å². The molecule has 2 aromatic rings. The van der Waals surface area contributed by atoms with Gasteiger partial charge < -0.3 is 15.0 Å². The van der Waals surface area contributed by atoms with Gasteiger partial charge in [0, 0.05) is 17.9 Å². The van der Waals surface area contributed by atoms with Gasteiger partial charge in [-0.1, -0.05) is 6.07 Å². The highest BCUT2D eigenvalue weighted by Gasteiger charge is 2.18. The van der Waals surface area contributed by atoms with Crippen molar-refractivity contribution in [1.82, 2.24) is 9.55 Å². The van der Waals surface area contributed by atoms with Crippen molar-refractivity contribution in [3.8, 4) is 11.6 Å². The van der Waals surface area contributed by atoms with Gasteiger partial charge >= 0.3 is 5.56 Å². The quantitative estimate of drug-likeness (QED) is 0.854. The number of nitrogen functional groups attached to an aromatic ring is 1. The van der Waals surface area contributed by atoms with Crippen LogP contribution in [-0.4, -0.2) is 9.55 Å². The number of aromatic nitrogens is 2. The minimum absolute atomic E-state index is 0.0259. The number of anilines is 1. The Labute approximate surface area is 118 Å². The van der Waals surface area contributed by atoms with Crippen molar-refractivity contribution in [2.75, 3.05) is 5.73 Å². The number of benzene rings is 1. The fraction of sp³-hybridized carbons (Fsp3) is 0.333. The molecule has 0 amide bonds. The standard InChI is InChI=1S/C15H19N3O2/c1-10-5-6-12(11(16)9-10)20-13-14(19)18(8-7-17-13)15(2,3)4/h5-9H,16H2,1-4H3. The molecule has 0 saturated heterocycles. The molecule has 106 valence electrons. The molecule has 1 aromatic heterocycles. The highest BCUT2D eigenvalue weighted by atomic mass is 16.5. The van der Waals surface area contributed by atoms with E-state index in [1.807, 2.05) is 33.8 Å². The molecule has 0 radical (unpaired) electrons. The van der Waals surface area contributed by atoms with Gasteiger partial charge in [-0.25, -0.2) is 4.98 Å². The summed E-state index contributed by atoms with van der Waals surface area (Å²) in [5.74, 6) is 0.463. The van der Waals surface area contributed by atoms with Crippen molar-refractivity contribution in [3.63, 3.8) is 0 Å². The summed E-state index contributed by atoms with van der Waals surface area (Å²) in [6.07, 6.45) is 3.19. The van der Waals surface area contributed by atoms with Crippen molar-refractivity contribution >= 4 is 5.69 Å². The monoisotopic (exact) mass is 273 g/mol.